The smallest absolute Gasteiger partial charge is 0.248 e. The van der Waals surface area contributed by atoms with Gasteiger partial charge in [-0.05, 0) is 53.4 Å². The predicted octanol–water partition coefficient (Wildman–Crippen LogP) is 3.36. The number of aliphatic hydroxyl groups is 2. The highest BCUT2D eigenvalue weighted by Crippen LogP contribution is 2.31. The quantitative estimate of drug-likeness (QED) is 0.353. The minimum absolute atomic E-state index is 0.0313. The maximum atomic E-state index is 12.1. The van der Waals surface area contributed by atoms with E-state index >= 15 is 0 Å². The largest absolute Gasteiger partial charge is 0.494 e. The van der Waals surface area contributed by atoms with Gasteiger partial charge in [0, 0.05) is 65.9 Å². The first-order chi connectivity index (χ1) is 21.2. The Labute approximate surface area is 213 Å². The summed E-state index contributed by atoms with van der Waals surface area (Å²) < 4.78 is 113. The number of aromatic nitrogens is 1. The predicted molar refractivity (Wildman–Crippen MR) is 132 cm³/mol. The van der Waals surface area contributed by atoms with Crippen LogP contribution in [0.2, 0.25) is 0 Å². The first kappa shape index (κ1) is 11.5. The summed E-state index contributed by atoms with van der Waals surface area (Å²) in [7, 11) is 0. The summed E-state index contributed by atoms with van der Waals surface area (Å²) in [6.07, 6.45) is -7.77. The Kier molecular flexibility index (Phi) is 3.18. The number of rotatable bonds is 7. The molecule has 172 valence electrons. The van der Waals surface area contributed by atoms with Crippen LogP contribution in [-0.2, 0) is 0 Å². The second-order valence-corrected chi connectivity index (χ2v) is 8.08. The van der Waals surface area contributed by atoms with E-state index in [-0.39, 0.29) is 38.3 Å². The van der Waals surface area contributed by atoms with Crippen molar-refractivity contribution in [1.29, 1.82) is 0 Å². The first-order valence-corrected chi connectivity index (χ1v) is 10.8. The van der Waals surface area contributed by atoms with E-state index in [2.05, 4.69) is 4.98 Å². The molecule has 1 aliphatic heterocycles. The summed E-state index contributed by atoms with van der Waals surface area (Å²) in [5, 5.41) is 24.1. The number of benzene rings is 2. The van der Waals surface area contributed by atoms with Crippen molar-refractivity contribution in [3.63, 3.8) is 0 Å². The molecule has 2 aromatic heterocycles. The van der Waals surface area contributed by atoms with E-state index in [4.69, 9.17) is 22.6 Å². The number of piperazine rings is 1. The molecule has 0 aliphatic carbocycles. The minimum Gasteiger partial charge on any atom is -0.494 e. The van der Waals surface area contributed by atoms with Crippen molar-refractivity contribution in [2.45, 2.75) is 18.7 Å². The summed E-state index contributed by atoms with van der Waals surface area (Å²) in [6, 6.07) is -1.03. The second-order valence-electron chi connectivity index (χ2n) is 7.17. The second kappa shape index (κ2) is 9.15. The van der Waals surface area contributed by atoms with E-state index in [1.165, 1.54) is 17.4 Å². The van der Waals surface area contributed by atoms with E-state index in [1.807, 2.05) is 0 Å². The Morgan fingerprint density at radius 2 is 1.97 bits per heavy atom. The lowest BCUT2D eigenvalue weighted by atomic mass is 10.1. The van der Waals surface area contributed by atoms with Gasteiger partial charge in [0.1, 0.15) is 5.75 Å². The Morgan fingerprint density at radius 1 is 1.15 bits per heavy atom. The van der Waals surface area contributed by atoms with Gasteiger partial charge in [0.2, 0.25) is 11.5 Å². The molecule has 1 fully saturated rings. The zero-order valence-corrected chi connectivity index (χ0v) is 17.9. The molecule has 7 nitrogen and oxygen atoms in total. The molecule has 0 atom stereocenters. The van der Waals surface area contributed by atoms with Crippen molar-refractivity contribution >= 4 is 38.0 Å². The molecule has 0 spiro atoms. The molecular weight excluding hydrogens is 438 g/mol. The summed E-state index contributed by atoms with van der Waals surface area (Å²) in [4.78, 5) is 16.7. The van der Waals surface area contributed by atoms with Crippen molar-refractivity contribution in [2.24, 2.45) is 0 Å². The van der Waals surface area contributed by atoms with Gasteiger partial charge in [-0.25, -0.2) is 4.90 Å². The number of nitrogens with zero attached hydrogens (tertiary/aromatic N) is 2. The average molecular weight is 479 g/mol. The number of fused-ring (bicyclic) bond motifs is 2. The topological polar surface area (TPSA) is 89.0 Å². The molecule has 33 heavy (non-hydrogen) atoms. The molecule has 0 saturated carbocycles. The van der Waals surface area contributed by atoms with Gasteiger partial charge in [-0.2, -0.15) is 0 Å². The zero-order chi connectivity index (χ0) is 34.3. The lowest BCUT2D eigenvalue weighted by Crippen LogP contribution is -2.57. The third-order valence-electron chi connectivity index (χ3n) is 5.13. The Bertz CT molecular complexity index is 1920. The SMILES string of the molecule is [2H]c1cc([2H])c2sccc2c1N1CCN(C(O)(O)C([2H])([2H])C([2H])([2H])C([2H])([2H])Oc2c([2H])c([2H])c3c([2H])c([2H])c(=O)[nH]c3c2[2H])CC1. The van der Waals surface area contributed by atoms with E-state index in [9.17, 15) is 15.0 Å². The van der Waals surface area contributed by atoms with Crippen LogP contribution in [0.15, 0.2) is 64.6 Å². The lowest BCUT2D eigenvalue weighted by molar-refractivity contribution is -0.269. The maximum Gasteiger partial charge on any atom is 0.248 e. The van der Waals surface area contributed by atoms with Crippen LogP contribution in [-0.4, -0.2) is 58.7 Å². The molecule has 2 aromatic carbocycles. The molecule has 3 N–H and O–H groups in total. The van der Waals surface area contributed by atoms with Gasteiger partial charge in [0.05, 0.1) is 24.4 Å². The third-order valence-corrected chi connectivity index (χ3v) is 5.98. The highest BCUT2D eigenvalue weighted by Gasteiger charge is 2.34. The first-order valence-electron chi connectivity index (χ1n) is 16.4. The Hall–Kier alpha value is -2.91. The molecule has 0 amide bonds. The van der Waals surface area contributed by atoms with Crippen LogP contribution >= 0.6 is 11.3 Å². The monoisotopic (exact) mass is 478 g/mol. The van der Waals surface area contributed by atoms with Gasteiger partial charge in [-0.15, -0.1) is 11.3 Å². The molecule has 0 bridgehead atoms. The van der Waals surface area contributed by atoms with Crippen LogP contribution < -0.4 is 15.2 Å². The van der Waals surface area contributed by atoms with Crippen LogP contribution in [0.5, 0.6) is 5.75 Å². The molecule has 0 unspecified atom stereocenters. The highest BCUT2D eigenvalue weighted by atomic mass is 32.1. The maximum absolute atomic E-state index is 12.1. The van der Waals surface area contributed by atoms with Crippen LogP contribution in [0, 0.1) is 0 Å². The summed E-state index contributed by atoms with van der Waals surface area (Å²) in [6.45, 7) is -4.29. The molecular formula is C25H27N3O4S. The number of anilines is 1. The summed E-state index contributed by atoms with van der Waals surface area (Å²) in [5.41, 5.74) is -1.19. The Morgan fingerprint density at radius 3 is 2.82 bits per heavy atom. The summed E-state index contributed by atoms with van der Waals surface area (Å²) >= 11 is 1.33. The van der Waals surface area contributed by atoms with Crippen LogP contribution in [0.3, 0.4) is 0 Å². The molecule has 0 radical (unpaired) electrons. The number of hydrogen-bond acceptors (Lipinski definition) is 7. The molecule has 1 aliphatic rings. The van der Waals surface area contributed by atoms with Gasteiger partial charge in [-0.1, -0.05) is 6.07 Å². The molecule has 3 heterocycles. The molecule has 8 heteroatoms. The fourth-order valence-corrected chi connectivity index (χ4v) is 4.27. The van der Waals surface area contributed by atoms with Crippen molar-refractivity contribution in [3.8, 4) is 5.75 Å². The molecule has 1 saturated heterocycles. The van der Waals surface area contributed by atoms with Crippen molar-refractivity contribution in [3.05, 3.63) is 70.2 Å². The van der Waals surface area contributed by atoms with E-state index in [0.717, 1.165) is 4.90 Å². The van der Waals surface area contributed by atoms with Crippen LogP contribution in [0.4, 0.5) is 5.69 Å². The molecule has 4 aromatic rings. The fraction of sp³-hybridized carbons (Fsp3) is 0.320. The van der Waals surface area contributed by atoms with Gasteiger partial charge >= 0.3 is 0 Å². The summed E-state index contributed by atoms with van der Waals surface area (Å²) in [5.74, 6) is -4.73. The molecule has 5 rings (SSSR count). The van der Waals surface area contributed by atoms with Gasteiger partial charge < -0.3 is 24.8 Å². The number of thiophene rings is 1. The Balaban J connectivity index is 1.43. The third kappa shape index (κ3) is 4.74. The van der Waals surface area contributed by atoms with E-state index in [1.54, 1.807) is 16.3 Å². The van der Waals surface area contributed by atoms with Gasteiger partial charge in [-0.3, -0.25) is 4.79 Å². The number of hydrogen-bond donors (Lipinski definition) is 3. The zero-order valence-electron chi connectivity index (χ0n) is 30.1. The van der Waals surface area contributed by atoms with Crippen LogP contribution in [0.1, 0.15) is 30.6 Å². The standard InChI is InChI=1S/C25H27N3O4S/c29-24-8-6-18-5-7-19(17-21(18)26-24)32-15-2-10-25(30,31)28-13-11-27(12-14-28)22-3-1-4-23-20(22)9-16-33-23/h1,3-9,16-17,30-31H,2,10-15H2,(H,26,29)/i2D2,3D,4D,5D,6D,7D,8D,10D2,15D2,17D. The average Bonchev–Trinajstić information content (AvgIpc) is 3.47. The number of ether oxygens (including phenoxy) is 1. The number of aromatic amines is 1. The highest BCUT2D eigenvalue weighted by molar-refractivity contribution is 7.17. The van der Waals surface area contributed by atoms with Crippen molar-refractivity contribution in [1.82, 2.24) is 9.88 Å². The number of pyridine rings is 1. The van der Waals surface area contributed by atoms with Crippen molar-refractivity contribution < 1.29 is 32.8 Å². The number of nitrogens with one attached hydrogen (secondary N) is 1. The fourth-order valence-electron chi connectivity index (χ4n) is 3.52. The van der Waals surface area contributed by atoms with Crippen LogP contribution in [0.25, 0.3) is 21.0 Å². The lowest BCUT2D eigenvalue weighted by Gasteiger charge is -2.42. The number of H-pyrrole nitrogens is 1. The van der Waals surface area contributed by atoms with E-state index < -0.39 is 77.6 Å². The van der Waals surface area contributed by atoms with Crippen molar-refractivity contribution in [2.75, 3.05) is 37.6 Å². The van der Waals surface area contributed by atoms with Gasteiger partial charge in [0.15, 0.2) is 0 Å². The van der Waals surface area contributed by atoms with Gasteiger partial charge in [0.25, 0.3) is 0 Å². The minimum atomic E-state index is -3.92. The normalized spacial score (nSPS) is 22.4. The van der Waals surface area contributed by atoms with E-state index in [0.29, 0.717) is 15.8 Å².